The summed E-state index contributed by atoms with van der Waals surface area (Å²) in [4.78, 5) is 1.35. The number of thiophene rings is 1. The van der Waals surface area contributed by atoms with Crippen LogP contribution in [-0.4, -0.2) is 23.4 Å². The van der Waals surface area contributed by atoms with E-state index in [1.54, 1.807) is 11.3 Å². The average molecular weight is 296 g/mol. The van der Waals surface area contributed by atoms with Crippen LogP contribution in [0.5, 0.6) is 0 Å². The summed E-state index contributed by atoms with van der Waals surface area (Å²) in [6.45, 7) is 7.37. The van der Waals surface area contributed by atoms with Crippen molar-refractivity contribution >= 4 is 11.3 Å². The van der Waals surface area contributed by atoms with Crippen LogP contribution in [0.3, 0.4) is 0 Å². The van der Waals surface area contributed by atoms with Gasteiger partial charge in [-0.25, -0.2) is 0 Å². The average Bonchev–Trinajstić information content (AvgIpc) is 2.92. The molecule has 20 heavy (non-hydrogen) atoms. The smallest absolute Gasteiger partial charge is 0.0940 e. The molecule has 1 aliphatic rings. The molecule has 0 amide bonds. The van der Waals surface area contributed by atoms with Crippen molar-refractivity contribution in [2.45, 2.75) is 71.0 Å². The zero-order valence-electron chi connectivity index (χ0n) is 13.0. The summed E-state index contributed by atoms with van der Waals surface area (Å²) in [5, 5.41) is 12.8. The Balaban J connectivity index is 1.96. The third-order valence-corrected chi connectivity index (χ3v) is 5.67. The van der Waals surface area contributed by atoms with E-state index < -0.39 is 0 Å². The molecule has 0 aromatic carbocycles. The van der Waals surface area contributed by atoms with Crippen molar-refractivity contribution < 1.29 is 9.84 Å². The molecule has 1 N–H and O–H groups in total. The van der Waals surface area contributed by atoms with E-state index in [4.69, 9.17) is 4.74 Å². The topological polar surface area (TPSA) is 29.5 Å². The maximum atomic E-state index is 10.7. The van der Waals surface area contributed by atoms with Gasteiger partial charge in [-0.3, -0.25) is 0 Å². The molecule has 0 radical (unpaired) electrons. The van der Waals surface area contributed by atoms with Crippen LogP contribution in [0.1, 0.15) is 57.8 Å². The highest BCUT2D eigenvalue weighted by Gasteiger charge is 2.43. The molecule has 2 nitrogen and oxygen atoms in total. The maximum absolute atomic E-state index is 10.7. The summed E-state index contributed by atoms with van der Waals surface area (Å²) in [5.74, 6) is 0. The van der Waals surface area contributed by atoms with Gasteiger partial charge in [-0.15, -0.1) is 11.3 Å². The number of hydrogen-bond donors (Lipinski definition) is 1. The number of ether oxygens (including phenoxy) is 1. The Morgan fingerprint density at radius 3 is 2.55 bits per heavy atom. The van der Waals surface area contributed by atoms with E-state index in [2.05, 4.69) is 31.4 Å². The minimum absolute atomic E-state index is 0.304. The van der Waals surface area contributed by atoms with Gasteiger partial charge >= 0.3 is 0 Å². The first-order valence-corrected chi connectivity index (χ1v) is 8.70. The van der Waals surface area contributed by atoms with Gasteiger partial charge in [-0.1, -0.05) is 19.9 Å². The van der Waals surface area contributed by atoms with Gasteiger partial charge < -0.3 is 9.84 Å². The van der Waals surface area contributed by atoms with E-state index in [-0.39, 0.29) is 11.7 Å². The Morgan fingerprint density at radius 2 is 2.00 bits per heavy atom. The molecular weight excluding hydrogens is 268 g/mol. The van der Waals surface area contributed by atoms with Crippen molar-refractivity contribution in [3.63, 3.8) is 0 Å². The molecule has 114 valence electrons. The Labute approximate surface area is 127 Å². The fourth-order valence-electron chi connectivity index (χ4n) is 3.21. The number of aryl methyl sites for hydroxylation is 1. The lowest BCUT2D eigenvalue weighted by atomic mass is 9.68. The molecule has 1 heterocycles. The van der Waals surface area contributed by atoms with E-state index in [1.165, 1.54) is 4.88 Å². The lowest BCUT2D eigenvalue weighted by molar-refractivity contribution is -0.152. The van der Waals surface area contributed by atoms with Crippen molar-refractivity contribution in [1.82, 2.24) is 0 Å². The molecular formula is C17H28O2S. The molecule has 1 aromatic rings. The summed E-state index contributed by atoms with van der Waals surface area (Å²) in [6, 6.07) is 4.22. The van der Waals surface area contributed by atoms with Gasteiger partial charge in [-0.05, 0) is 62.3 Å². The molecule has 2 rings (SSSR count). The summed E-state index contributed by atoms with van der Waals surface area (Å²) >= 11 is 1.77. The molecule has 0 spiro atoms. The second kappa shape index (κ2) is 6.59. The first-order chi connectivity index (χ1) is 9.47. The highest BCUT2D eigenvalue weighted by Crippen LogP contribution is 2.44. The van der Waals surface area contributed by atoms with Crippen LogP contribution in [0, 0.1) is 5.41 Å². The fraction of sp³-hybridized carbons (Fsp3) is 0.765. The van der Waals surface area contributed by atoms with Gasteiger partial charge in [0.1, 0.15) is 0 Å². The van der Waals surface area contributed by atoms with Gasteiger partial charge in [0.05, 0.1) is 11.7 Å². The standard InChI is InChI=1S/C17H28O2S/c1-4-19-17(11-9-16(2,3)10-12-17)15(18)8-7-14-6-5-13-20-14/h5-6,13,15,18H,4,7-12H2,1-3H3. The maximum Gasteiger partial charge on any atom is 0.0940 e. The Morgan fingerprint density at radius 1 is 1.30 bits per heavy atom. The van der Waals surface area contributed by atoms with E-state index in [1.807, 2.05) is 6.92 Å². The SMILES string of the molecule is CCOC1(C(O)CCc2cccs2)CCC(C)(C)CC1. The monoisotopic (exact) mass is 296 g/mol. The van der Waals surface area contributed by atoms with Gasteiger partial charge in [0, 0.05) is 11.5 Å². The largest absolute Gasteiger partial charge is 0.390 e. The second-order valence-electron chi connectivity index (χ2n) is 6.80. The van der Waals surface area contributed by atoms with Crippen molar-refractivity contribution in [2.75, 3.05) is 6.61 Å². The van der Waals surface area contributed by atoms with Crippen molar-refractivity contribution in [2.24, 2.45) is 5.41 Å². The van der Waals surface area contributed by atoms with Crippen molar-refractivity contribution in [3.05, 3.63) is 22.4 Å². The third kappa shape index (κ3) is 3.84. The van der Waals surface area contributed by atoms with Crippen LogP contribution in [0.2, 0.25) is 0 Å². The number of aliphatic hydroxyl groups excluding tert-OH is 1. The molecule has 1 aliphatic carbocycles. The quantitative estimate of drug-likeness (QED) is 0.842. The Kier molecular flexibility index (Phi) is 5.27. The number of rotatable bonds is 6. The summed E-state index contributed by atoms with van der Waals surface area (Å²) in [7, 11) is 0. The molecule has 0 aliphatic heterocycles. The fourth-order valence-corrected chi connectivity index (χ4v) is 3.93. The highest BCUT2D eigenvalue weighted by molar-refractivity contribution is 7.09. The normalized spacial score (nSPS) is 22.6. The predicted molar refractivity (Wildman–Crippen MR) is 85.3 cm³/mol. The van der Waals surface area contributed by atoms with Crippen LogP contribution in [0.4, 0.5) is 0 Å². The minimum Gasteiger partial charge on any atom is -0.390 e. The summed E-state index contributed by atoms with van der Waals surface area (Å²) in [5.41, 5.74) is 0.0929. The first-order valence-electron chi connectivity index (χ1n) is 7.82. The predicted octanol–water partition coefficient (Wildman–Crippen LogP) is 4.42. The Bertz CT molecular complexity index is 387. The van der Waals surface area contributed by atoms with Crippen LogP contribution in [0.15, 0.2) is 17.5 Å². The van der Waals surface area contributed by atoms with E-state index in [0.29, 0.717) is 12.0 Å². The first kappa shape index (κ1) is 16.0. The van der Waals surface area contributed by atoms with E-state index in [9.17, 15) is 5.11 Å². The van der Waals surface area contributed by atoms with E-state index in [0.717, 1.165) is 38.5 Å². The third-order valence-electron chi connectivity index (χ3n) is 4.73. The molecule has 1 fully saturated rings. The number of aliphatic hydroxyl groups is 1. The zero-order valence-corrected chi connectivity index (χ0v) is 13.8. The lowest BCUT2D eigenvalue weighted by Crippen LogP contribution is -2.49. The molecule has 0 bridgehead atoms. The molecule has 1 atom stereocenters. The van der Waals surface area contributed by atoms with Crippen LogP contribution >= 0.6 is 11.3 Å². The van der Waals surface area contributed by atoms with Gasteiger partial charge in [0.2, 0.25) is 0 Å². The molecule has 1 unspecified atom stereocenters. The number of hydrogen-bond acceptors (Lipinski definition) is 3. The van der Waals surface area contributed by atoms with Gasteiger partial charge in [-0.2, -0.15) is 0 Å². The van der Waals surface area contributed by atoms with Crippen molar-refractivity contribution in [1.29, 1.82) is 0 Å². The summed E-state index contributed by atoms with van der Waals surface area (Å²) in [6.07, 6.45) is 5.67. The second-order valence-corrected chi connectivity index (χ2v) is 7.83. The Hall–Kier alpha value is -0.380. The highest BCUT2D eigenvalue weighted by atomic mass is 32.1. The van der Waals surface area contributed by atoms with Crippen LogP contribution in [-0.2, 0) is 11.2 Å². The lowest BCUT2D eigenvalue weighted by Gasteiger charge is -2.46. The van der Waals surface area contributed by atoms with Crippen LogP contribution in [0.25, 0.3) is 0 Å². The molecule has 0 saturated heterocycles. The molecule has 1 saturated carbocycles. The van der Waals surface area contributed by atoms with Gasteiger partial charge in [0.25, 0.3) is 0 Å². The van der Waals surface area contributed by atoms with Crippen molar-refractivity contribution in [3.8, 4) is 0 Å². The minimum atomic E-state index is -0.347. The molecule has 1 aromatic heterocycles. The van der Waals surface area contributed by atoms with Gasteiger partial charge in [0.15, 0.2) is 0 Å². The summed E-state index contributed by atoms with van der Waals surface area (Å²) < 4.78 is 6.05. The van der Waals surface area contributed by atoms with E-state index >= 15 is 0 Å². The zero-order chi connectivity index (χ0) is 14.6. The van der Waals surface area contributed by atoms with Crippen LogP contribution < -0.4 is 0 Å². The molecule has 3 heteroatoms.